The van der Waals surface area contributed by atoms with Crippen LogP contribution in [0, 0.1) is 11.7 Å². The van der Waals surface area contributed by atoms with Gasteiger partial charge in [-0.15, -0.1) is 5.10 Å². The van der Waals surface area contributed by atoms with Crippen molar-refractivity contribution in [1.29, 1.82) is 0 Å². The lowest BCUT2D eigenvalue weighted by molar-refractivity contribution is -0.119. The minimum absolute atomic E-state index is 0.0338. The van der Waals surface area contributed by atoms with Gasteiger partial charge in [0.2, 0.25) is 11.5 Å². The van der Waals surface area contributed by atoms with Crippen molar-refractivity contribution in [2.24, 2.45) is 5.92 Å². The van der Waals surface area contributed by atoms with Gasteiger partial charge in [0, 0.05) is 28.9 Å². The van der Waals surface area contributed by atoms with Crippen molar-refractivity contribution in [3.8, 4) is 16.8 Å². The highest BCUT2D eigenvalue weighted by Crippen LogP contribution is 2.34. The number of H-pyrrole nitrogens is 1. The summed E-state index contributed by atoms with van der Waals surface area (Å²) in [5, 5.41) is 17.1. The number of amides is 2. The number of hydrogen-bond donors (Lipinski definition) is 4. The van der Waals surface area contributed by atoms with Crippen molar-refractivity contribution in [2.75, 3.05) is 22.6 Å². The second-order valence-electron chi connectivity index (χ2n) is 9.93. The highest BCUT2D eigenvalue weighted by molar-refractivity contribution is 6.30. The van der Waals surface area contributed by atoms with E-state index in [1.165, 1.54) is 29.1 Å². The van der Waals surface area contributed by atoms with Crippen LogP contribution in [0.15, 0.2) is 59.5 Å². The first-order chi connectivity index (χ1) is 20.2. The molecule has 0 saturated heterocycles. The fraction of sp³-hybridized carbons (Fsp3) is 0.276. The number of anilines is 3. The number of hydrogen-bond acceptors (Lipinski definition) is 7. The molecule has 0 fully saturated rings. The van der Waals surface area contributed by atoms with Crippen molar-refractivity contribution in [2.45, 2.75) is 39.2 Å². The molecular formula is C29H29ClFN7O4. The zero-order chi connectivity index (χ0) is 29.8. The van der Waals surface area contributed by atoms with Crippen molar-refractivity contribution >= 4 is 40.8 Å². The number of fused-ring (bicyclic) bond motifs is 4. The van der Waals surface area contributed by atoms with Crippen LogP contribution in [0.25, 0.3) is 16.8 Å². The Bertz CT molecular complexity index is 1690. The maximum atomic E-state index is 14.6. The Balaban J connectivity index is 1.51. The number of carbonyl (C=O) groups excluding carboxylic acids is 2. The molecule has 218 valence electrons. The minimum atomic E-state index is -0.620. The number of aromatic amines is 1. The van der Waals surface area contributed by atoms with Crippen molar-refractivity contribution in [1.82, 2.24) is 20.0 Å². The van der Waals surface area contributed by atoms with Gasteiger partial charge in [-0.1, -0.05) is 42.3 Å². The van der Waals surface area contributed by atoms with Crippen LogP contribution in [0.5, 0.6) is 0 Å². The van der Waals surface area contributed by atoms with E-state index in [2.05, 4.69) is 31.2 Å². The highest BCUT2D eigenvalue weighted by atomic mass is 35.5. The van der Waals surface area contributed by atoms with E-state index in [0.717, 1.165) is 0 Å². The molecule has 2 bridgehead atoms. The van der Waals surface area contributed by atoms with Crippen LogP contribution in [-0.4, -0.2) is 38.6 Å². The lowest BCUT2D eigenvalue weighted by atomic mass is 9.95. The Labute approximate surface area is 245 Å². The summed E-state index contributed by atoms with van der Waals surface area (Å²) in [5.74, 6) is -0.765. The predicted octanol–water partition coefficient (Wildman–Crippen LogP) is 5.90. The third kappa shape index (κ3) is 6.44. The SMILES string of the molecule is CCOC(=O)Nc1ccc2c(c1)NC(=O)C(C)CCC[C@H](Nc1cn(-c3cccc(Cl)c3F)nn1)c1cc-2cc(=O)[nH]1. The molecule has 1 unspecified atom stereocenters. The molecular weight excluding hydrogens is 565 g/mol. The number of nitrogens with one attached hydrogen (secondary N) is 4. The van der Waals surface area contributed by atoms with Crippen LogP contribution in [0.2, 0.25) is 5.02 Å². The second-order valence-corrected chi connectivity index (χ2v) is 10.3. The molecule has 0 radical (unpaired) electrons. The Hall–Kier alpha value is -4.71. The summed E-state index contributed by atoms with van der Waals surface area (Å²) in [7, 11) is 0. The van der Waals surface area contributed by atoms with Gasteiger partial charge >= 0.3 is 6.09 Å². The van der Waals surface area contributed by atoms with Gasteiger partial charge in [0.25, 0.3) is 0 Å². The molecule has 2 aromatic carbocycles. The number of aromatic nitrogens is 4. The van der Waals surface area contributed by atoms with Crippen LogP contribution < -0.4 is 21.5 Å². The monoisotopic (exact) mass is 593 g/mol. The van der Waals surface area contributed by atoms with Crippen LogP contribution in [0.1, 0.15) is 44.8 Å². The summed E-state index contributed by atoms with van der Waals surface area (Å²) in [6.45, 7) is 3.76. The zero-order valence-corrected chi connectivity index (χ0v) is 23.7. The summed E-state index contributed by atoms with van der Waals surface area (Å²) in [5.41, 5.74) is 2.43. The van der Waals surface area contributed by atoms with Gasteiger partial charge in [0.1, 0.15) is 5.69 Å². The number of rotatable bonds is 5. The molecule has 0 spiro atoms. The molecule has 13 heteroatoms. The van der Waals surface area contributed by atoms with Crippen LogP contribution in [0.3, 0.4) is 0 Å². The van der Waals surface area contributed by atoms with Gasteiger partial charge < -0.3 is 20.4 Å². The molecule has 2 atom stereocenters. The smallest absolute Gasteiger partial charge is 0.411 e. The van der Waals surface area contributed by atoms with Gasteiger partial charge in [-0.05, 0) is 55.7 Å². The number of nitrogens with zero attached hydrogens (tertiary/aromatic N) is 3. The van der Waals surface area contributed by atoms with Gasteiger partial charge in [0.15, 0.2) is 11.6 Å². The number of halogens is 2. The molecule has 0 aliphatic carbocycles. The first-order valence-corrected chi connectivity index (χ1v) is 13.9. The van der Waals surface area contributed by atoms with Crippen LogP contribution in [0.4, 0.5) is 26.4 Å². The number of pyridine rings is 1. The summed E-state index contributed by atoms with van der Waals surface area (Å²) >= 11 is 5.93. The average molecular weight is 594 g/mol. The predicted molar refractivity (Wildman–Crippen MR) is 157 cm³/mol. The first kappa shape index (κ1) is 28.8. The number of benzene rings is 2. The quantitative estimate of drug-likeness (QED) is 0.226. The zero-order valence-electron chi connectivity index (χ0n) is 22.9. The topological polar surface area (TPSA) is 143 Å². The number of ether oxygens (including phenoxy) is 1. The molecule has 5 rings (SSSR count). The van der Waals surface area contributed by atoms with Gasteiger partial charge in [-0.2, -0.15) is 0 Å². The molecule has 4 aromatic rings. The van der Waals surface area contributed by atoms with Crippen molar-refractivity contribution in [3.63, 3.8) is 0 Å². The summed E-state index contributed by atoms with van der Waals surface area (Å²) in [6.07, 6.45) is 2.70. The third-order valence-corrected chi connectivity index (χ3v) is 7.21. The maximum absolute atomic E-state index is 14.6. The largest absolute Gasteiger partial charge is 0.450 e. The van der Waals surface area contributed by atoms with E-state index < -0.39 is 18.0 Å². The average Bonchev–Trinajstić information content (AvgIpc) is 3.41. The molecule has 2 amide bonds. The Morgan fingerprint density at radius 1 is 1.19 bits per heavy atom. The van der Waals surface area contributed by atoms with Crippen LogP contribution in [-0.2, 0) is 9.53 Å². The fourth-order valence-corrected chi connectivity index (χ4v) is 4.96. The lowest BCUT2D eigenvalue weighted by Crippen LogP contribution is -2.23. The van der Waals surface area contributed by atoms with Gasteiger partial charge in [-0.3, -0.25) is 14.9 Å². The molecule has 11 nitrogen and oxygen atoms in total. The van der Waals surface area contributed by atoms with Gasteiger partial charge in [-0.25, -0.2) is 13.9 Å². The summed E-state index contributed by atoms with van der Waals surface area (Å²) in [4.78, 5) is 40.9. The van der Waals surface area contributed by atoms with E-state index in [-0.39, 0.29) is 34.7 Å². The lowest BCUT2D eigenvalue weighted by Gasteiger charge is -2.22. The van der Waals surface area contributed by atoms with Crippen molar-refractivity contribution < 1.29 is 18.7 Å². The summed E-state index contributed by atoms with van der Waals surface area (Å²) in [6, 6.07) is 12.5. The van der Waals surface area contributed by atoms with E-state index in [1.54, 1.807) is 31.2 Å². The summed E-state index contributed by atoms with van der Waals surface area (Å²) < 4.78 is 20.8. The van der Waals surface area contributed by atoms with Crippen molar-refractivity contribution in [3.05, 3.63) is 81.6 Å². The number of carbonyl (C=O) groups is 2. The molecule has 4 N–H and O–H groups in total. The Morgan fingerprint density at radius 2 is 2.02 bits per heavy atom. The minimum Gasteiger partial charge on any atom is -0.450 e. The molecule has 1 aliphatic heterocycles. The standard InChI is InChI=1S/C29H29ClFN7O4/c1-3-42-29(41)32-18-10-11-19-17-12-23(34-26(39)13-17)21(8-4-6-16(2)28(40)35-22(19)14-18)33-25-15-38(37-36-25)24-9-5-7-20(30)27(24)31/h5,7,9-16,21,33H,3-4,6,8H2,1-2H3,(H,32,41)(H,34,39)(H,35,40)/t16?,21-/m0/s1. The van der Waals surface area contributed by atoms with E-state index in [0.29, 0.717) is 53.3 Å². The fourth-order valence-electron chi connectivity index (χ4n) is 4.79. The van der Waals surface area contributed by atoms with E-state index >= 15 is 0 Å². The molecule has 3 heterocycles. The Morgan fingerprint density at radius 3 is 2.83 bits per heavy atom. The normalized spacial score (nSPS) is 16.8. The van der Waals surface area contributed by atoms with E-state index in [9.17, 15) is 18.8 Å². The molecule has 42 heavy (non-hydrogen) atoms. The molecule has 1 aliphatic rings. The maximum Gasteiger partial charge on any atom is 0.411 e. The first-order valence-electron chi connectivity index (χ1n) is 13.5. The third-order valence-electron chi connectivity index (χ3n) is 6.92. The van der Waals surface area contributed by atoms with Gasteiger partial charge in [0.05, 0.1) is 29.6 Å². The van der Waals surface area contributed by atoms with E-state index in [1.807, 2.05) is 13.0 Å². The van der Waals surface area contributed by atoms with E-state index in [4.69, 9.17) is 16.3 Å². The molecule has 2 aromatic heterocycles. The molecule has 0 saturated carbocycles. The van der Waals surface area contributed by atoms with Crippen LogP contribution >= 0.6 is 11.6 Å². The highest BCUT2D eigenvalue weighted by Gasteiger charge is 2.22. The second kappa shape index (κ2) is 12.4. The Kier molecular flexibility index (Phi) is 8.53.